The highest BCUT2D eigenvalue weighted by atomic mass is 19.4. The quantitative estimate of drug-likeness (QED) is 0.272. The second-order valence-corrected chi connectivity index (χ2v) is 10.4. The maximum absolute atomic E-state index is 15.0. The molecule has 2 saturated carbocycles. The van der Waals surface area contributed by atoms with Crippen LogP contribution in [0.15, 0.2) is 42.5 Å². The van der Waals surface area contributed by atoms with Gasteiger partial charge in [0.15, 0.2) is 0 Å². The number of halogens is 4. The van der Waals surface area contributed by atoms with E-state index in [4.69, 9.17) is 0 Å². The van der Waals surface area contributed by atoms with Crippen molar-refractivity contribution in [1.82, 2.24) is 0 Å². The van der Waals surface area contributed by atoms with Crippen LogP contribution in [0.3, 0.4) is 0 Å². The van der Waals surface area contributed by atoms with Crippen molar-refractivity contribution in [3.8, 4) is 16.9 Å². The molecular formula is C29H36F4O. The zero-order valence-electron chi connectivity index (χ0n) is 20.0. The van der Waals surface area contributed by atoms with Crippen LogP contribution in [-0.4, -0.2) is 6.36 Å². The molecule has 4 rings (SSSR count). The van der Waals surface area contributed by atoms with E-state index in [1.165, 1.54) is 82.1 Å². The van der Waals surface area contributed by atoms with Gasteiger partial charge in [-0.2, -0.15) is 0 Å². The molecule has 2 aliphatic carbocycles. The van der Waals surface area contributed by atoms with Crippen molar-refractivity contribution in [2.24, 2.45) is 17.8 Å². The molecule has 0 heterocycles. The lowest BCUT2D eigenvalue weighted by Gasteiger charge is -2.42. The Bertz CT molecular complexity index is 921. The van der Waals surface area contributed by atoms with E-state index >= 15 is 4.39 Å². The van der Waals surface area contributed by atoms with Crippen molar-refractivity contribution < 1.29 is 22.3 Å². The number of alkyl halides is 3. The number of unbranched alkanes of at least 4 members (excludes halogenated alkanes) is 3. The van der Waals surface area contributed by atoms with Crippen LogP contribution in [0.4, 0.5) is 17.6 Å². The minimum absolute atomic E-state index is 0.305. The maximum atomic E-state index is 15.0. The fraction of sp³-hybridized carbons (Fsp3) is 0.586. The molecule has 0 bridgehead atoms. The van der Waals surface area contributed by atoms with Crippen LogP contribution in [0.25, 0.3) is 11.1 Å². The van der Waals surface area contributed by atoms with Crippen LogP contribution in [0.5, 0.6) is 5.75 Å². The second kappa shape index (κ2) is 11.1. The Kier molecular flexibility index (Phi) is 8.21. The Hall–Kier alpha value is -2.04. The summed E-state index contributed by atoms with van der Waals surface area (Å²) in [5, 5.41) is 0. The number of hydrogen-bond donors (Lipinski definition) is 0. The van der Waals surface area contributed by atoms with Crippen LogP contribution in [0, 0.1) is 23.6 Å². The highest BCUT2D eigenvalue weighted by Crippen LogP contribution is 2.48. The Morgan fingerprint density at radius 1 is 0.853 bits per heavy atom. The minimum atomic E-state index is -4.73. The van der Waals surface area contributed by atoms with Crippen molar-refractivity contribution in [1.29, 1.82) is 0 Å². The van der Waals surface area contributed by atoms with E-state index in [2.05, 4.69) is 11.7 Å². The van der Waals surface area contributed by atoms with Crippen LogP contribution in [0.2, 0.25) is 0 Å². The number of hydrogen-bond acceptors (Lipinski definition) is 1. The highest BCUT2D eigenvalue weighted by molar-refractivity contribution is 5.65. The molecule has 0 spiro atoms. The monoisotopic (exact) mass is 476 g/mol. The van der Waals surface area contributed by atoms with Crippen LogP contribution < -0.4 is 4.74 Å². The largest absolute Gasteiger partial charge is 0.573 e. The normalized spacial score (nSPS) is 25.1. The first-order chi connectivity index (χ1) is 16.3. The first kappa shape index (κ1) is 25.1. The molecule has 0 aliphatic heterocycles. The first-order valence-electron chi connectivity index (χ1n) is 13.0. The topological polar surface area (TPSA) is 9.23 Å². The third-order valence-corrected chi connectivity index (χ3v) is 8.05. The predicted molar refractivity (Wildman–Crippen MR) is 128 cm³/mol. The molecule has 0 radical (unpaired) electrons. The molecule has 186 valence electrons. The maximum Gasteiger partial charge on any atom is 0.573 e. The fourth-order valence-corrected chi connectivity index (χ4v) is 6.27. The van der Waals surface area contributed by atoms with Gasteiger partial charge in [-0.1, -0.05) is 69.7 Å². The summed E-state index contributed by atoms with van der Waals surface area (Å²) in [7, 11) is 0. The SMILES string of the molecule is CCCCCCC1CCC2CC(c3ccc(-c4ccc(OC(F)(F)F)cc4)c(F)c3)CCC2C1. The molecule has 4 atom stereocenters. The molecule has 0 aromatic heterocycles. The van der Waals surface area contributed by atoms with Gasteiger partial charge in [-0.05, 0) is 85.1 Å². The van der Waals surface area contributed by atoms with Gasteiger partial charge in [-0.3, -0.25) is 0 Å². The van der Waals surface area contributed by atoms with Gasteiger partial charge in [0.05, 0.1) is 0 Å². The van der Waals surface area contributed by atoms with E-state index in [9.17, 15) is 13.2 Å². The van der Waals surface area contributed by atoms with Gasteiger partial charge in [0, 0.05) is 5.56 Å². The average molecular weight is 477 g/mol. The molecule has 2 aromatic rings. The zero-order valence-corrected chi connectivity index (χ0v) is 20.0. The third kappa shape index (κ3) is 6.55. The molecule has 5 heteroatoms. The summed E-state index contributed by atoms with van der Waals surface area (Å²) >= 11 is 0. The van der Waals surface area contributed by atoms with Crippen molar-refractivity contribution in [2.75, 3.05) is 0 Å². The highest BCUT2D eigenvalue weighted by Gasteiger charge is 2.36. The van der Waals surface area contributed by atoms with E-state index < -0.39 is 6.36 Å². The summed E-state index contributed by atoms with van der Waals surface area (Å²) in [5.74, 6) is 2.27. The summed E-state index contributed by atoms with van der Waals surface area (Å²) in [6.45, 7) is 2.26. The van der Waals surface area contributed by atoms with Crippen molar-refractivity contribution in [3.05, 3.63) is 53.8 Å². The summed E-state index contributed by atoms with van der Waals surface area (Å²) in [6.07, 6.45) is 9.60. The van der Waals surface area contributed by atoms with Crippen LogP contribution >= 0.6 is 0 Å². The molecular weight excluding hydrogens is 440 g/mol. The zero-order chi connectivity index (χ0) is 24.1. The molecule has 0 amide bonds. The summed E-state index contributed by atoms with van der Waals surface area (Å²) in [4.78, 5) is 0. The van der Waals surface area contributed by atoms with Gasteiger partial charge in [0.25, 0.3) is 0 Å². The lowest BCUT2D eigenvalue weighted by Crippen LogP contribution is -2.30. The van der Waals surface area contributed by atoms with E-state index in [0.29, 0.717) is 17.0 Å². The van der Waals surface area contributed by atoms with E-state index in [1.54, 1.807) is 12.1 Å². The second-order valence-electron chi connectivity index (χ2n) is 10.4. The van der Waals surface area contributed by atoms with Gasteiger partial charge >= 0.3 is 6.36 Å². The molecule has 2 aliphatic rings. The number of ether oxygens (including phenoxy) is 1. The summed E-state index contributed by atoms with van der Waals surface area (Å²) in [6, 6.07) is 10.8. The summed E-state index contributed by atoms with van der Waals surface area (Å²) in [5.41, 5.74) is 2.00. The molecule has 0 saturated heterocycles. The Balaban J connectivity index is 1.34. The van der Waals surface area contributed by atoms with Gasteiger partial charge in [0.2, 0.25) is 0 Å². The molecule has 34 heavy (non-hydrogen) atoms. The fourth-order valence-electron chi connectivity index (χ4n) is 6.27. The average Bonchev–Trinajstić information content (AvgIpc) is 2.81. The van der Waals surface area contributed by atoms with Crippen molar-refractivity contribution >= 4 is 0 Å². The number of benzene rings is 2. The first-order valence-corrected chi connectivity index (χ1v) is 13.0. The standard InChI is InChI=1S/C29H36F4O/c1-2-3-4-5-6-20-7-8-23-18-24(10-9-22(23)17-20)25-13-16-27(28(30)19-25)21-11-14-26(15-12-21)34-29(31,32)33/h11-16,19-20,22-24H,2-10,17-18H2,1H3. The van der Waals surface area contributed by atoms with Gasteiger partial charge in [-0.15, -0.1) is 13.2 Å². The van der Waals surface area contributed by atoms with Gasteiger partial charge in [0.1, 0.15) is 11.6 Å². The molecule has 4 unspecified atom stereocenters. The third-order valence-electron chi connectivity index (χ3n) is 8.05. The smallest absolute Gasteiger partial charge is 0.406 e. The van der Waals surface area contributed by atoms with Crippen LogP contribution in [0.1, 0.15) is 89.0 Å². The lowest BCUT2D eigenvalue weighted by molar-refractivity contribution is -0.274. The Labute approximate surface area is 200 Å². The van der Waals surface area contributed by atoms with Crippen LogP contribution in [-0.2, 0) is 0 Å². The molecule has 2 aromatic carbocycles. The van der Waals surface area contributed by atoms with Crippen molar-refractivity contribution in [3.63, 3.8) is 0 Å². The Morgan fingerprint density at radius 3 is 2.29 bits per heavy atom. The van der Waals surface area contributed by atoms with Crippen molar-refractivity contribution in [2.45, 2.75) is 89.8 Å². The molecule has 1 nitrogen and oxygen atoms in total. The van der Waals surface area contributed by atoms with E-state index in [-0.39, 0.29) is 11.6 Å². The van der Waals surface area contributed by atoms with Gasteiger partial charge in [-0.25, -0.2) is 4.39 Å². The van der Waals surface area contributed by atoms with Gasteiger partial charge < -0.3 is 4.74 Å². The summed E-state index contributed by atoms with van der Waals surface area (Å²) < 4.78 is 56.0. The number of fused-ring (bicyclic) bond motifs is 1. The number of rotatable bonds is 8. The Morgan fingerprint density at radius 2 is 1.59 bits per heavy atom. The molecule has 0 N–H and O–H groups in total. The van der Waals surface area contributed by atoms with E-state index in [1.807, 2.05) is 6.07 Å². The van der Waals surface area contributed by atoms with E-state index in [0.717, 1.165) is 36.2 Å². The predicted octanol–water partition coefficient (Wildman–Crippen LogP) is 9.66. The minimum Gasteiger partial charge on any atom is -0.406 e. The molecule has 2 fully saturated rings. The lowest BCUT2D eigenvalue weighted by atomic mass is 9.63.